The fourth-order valence-corrected chi connectivity index (χ4v) is 1.49. The Hall–Kier alpha value is -2.31. The Balaban J connectivity index is 2.05. The van der Waals surface area contributed by atoms with Crippen molar-refractivity contribution < 1.29 is 0 Å². The van der Waals surface area contributed by atoms with Gasteiger partial charge in [-0.15, -0.1) is 0 Å². The third-order valence-electron chi connectivity index (χ3n) is 2.29. The van der Waals surface area contributed by atoms with E-state index in [9.17, 15) is 4.79 Å². The molecule has 0 amide bonds. The molecule has 0 aliphatic carbocycles. The highest BCUT2D eigenvalue weighted by atomic mass is 16.1. The third-order valence-corrected chi connectivity index (χ3v) is 2.29. The van der Waals surface area contributed by atoms with Crippen molar-refractivity contribution in [3.8, 4) is 0 Å². The Morgan fingerprint density at radius 3 is 3.18 bits per heavy atom. The monoisotopic (exact) mass is 234 g/mol. The quantitative estimate of drug-likeness (QED) is 0.693. The maximum Gasteiger partial charge on any atom is 0.276 e. The lowest BCUT2D eigenvalue weighted by Crippen LogP contribution is -2.25. The fraction of sp³-hybridized carbons (Fsp3) is 0.300. The van der Waals surface area contributed by atoms with E-state index in [0.29, 0.717) is 12.4 Å². The van der Waals surface area contributed by atoms with Gasteiger partial charge in [-0.2, -0.15) is 5.10 Å². The maximum atomic E-state index is 11.3. The van der Waals surface area contributed by atoms with E-state index in [1.54, 1.807) is 10.9 Å². The van der Waals surface area contributed by atoms with E-state index >= 15 is 0 Å². The maximum absolute atomic E-state index is 11.3. The second-order valence-corrected chi connectivity index (χ2v) is 3.77. The molecule has 1 unspecified atom stereocenters. The smallest absolute Gasteiger partial charge is 0.276 e. The summed E-state index contributed by atoms with van der Waals surface area (Å²) in [6.07, 6.45) is 4.90. The van der Waals surface area contributed by atoms with E-state index in [2.05, 4.69) is 20.4 Å². The van der Waals surface area contributed by atoms with Crippen LogP contribution in [0.25, 0.3) is 0 Å². The summed E-state index contributed by atoms with van der Waals surface area (Å²) in [4.78, 5) is 17.7. The number of anilines is 2. The zero-order chi connectivity index (χ0) is 12.3. The largest absolute Gasteiger partial charge is 0.391 e. The molecule has 2 rings (SSSR count). The van der Waals surface area contributed by atoms with Crippen molar-refractivity contribution in [1.82, 2.24) is 19.7 Å². The predicted octanol–water partition coefficient (Wildman–Crippen LogP) is 0.0492. The first-order valence-electron chi connectivity index (χ1n) is 5.24. The van der Waals surface area contributed by atoms with Crippen molar-refractivity contribution in [3.05, 3.63) is 35.1 Å². The number of nitrogen functional groups attached to an aromatic ring is 1. The van der Waals surface area contributed by atoms with Crippen LogP contribution in [-0.4, -0.2) is 25.8 Å². The lowest BCUT2D eigenvalue weighted by atomic mass is 10.3. The van der Waals surface area contributed by atoms with Gasteiger partial charge in [0, 0.05) is 18.4 Å². The van der Waals surface area contributed by atoms with Crippen molar-refractivity contribution in [2.24, 2.45) is 0 Å². The van der Waals surface area contributed by atoms with Crippen LogP contribution in [-0.2, 0) is 6.54 Å². The van der Waals surface area contributed by atoms with Crippen molar-refractivity contribution in [3.63, 3.8) is 0 Å². The molecule has 17 heavy (non-hydrogen) atoms. The van der Waals surface area contributed by atoms with Crippen LogP contribution < -0.4 is 16.6 Å². The van der Waals surface area contributed by atoms with Crippen LogP contribution in [0.2, 0.25) is 0 Å². The zero-order valence-electron chi connectivity index (χ0n) is 9.42. The highest BCUT2D eigenvalue weighted by Gasteiger charge is 2.08. The Labute approximate surface area is 97.7 Å². The molecule has 0 aliphatic heterocycles. The minimum Gasteiger partial charge on any atom is -0.391 e. The van der Waals surface area contributed by atoms with E-state index in [1.807, 2.05) is 19.2 Å². The summed E-state index contributed by atoms with van der Waals surface area (Å²) in [6.45, 7) is 2.63. The zero-order valence-corrected chi connectivity index (χ0v) is 9.42. The average Bonchev–Trinajstić information content (AvgIpc) is 2.77. The molecule has 0 radical (unpaired) electrons. The van der Waals surface area contributed by atoms with Crippen molar-refractivity contribution in [1.29, 1.82) is 0 Å². The number of nitrogens with one attached hydrogen (secondary N) is 2. The second kappa shape index (κ2) is 4.69. The number of H-pyrrole nitrogens is 1. The van der Waals surface area contributed by atoms with E-state index in [1.165, 1.54) is 6.33 Å². The number of aromatic amines is 1. The number of aromatic nitrogens is 4. The van der Waals surface area contributed by atoms with Crippen molar-refractivity contribution in [2.75, 3.05) is 11.1 Å². The van der Waals surface area contributed by atoms with Gasteiger partial charge in [-0.25, -0.2) is 4.98 Å². The molecule has 7 nitrogen and oxygen atoms in total. The average molecular weight is 234 g/mol. The Kier molecular flexibility index (Phi) is 3.08. The summed E-state index contributed by atoms with van der Waals surface area (Å²) in [6, 6.07) is 1.92. The minimum atomic E-state index is -0.339. The van der Waals surface area contributed by atoms with E-state index in [-0.39, 0.29) is 17.3 Å². The molecule has 0 saturated heterocycles. The van der Waals surface area contributed by atoms with Crippen LogP contribution in [0.5, 0.6) is 0 Å². The molecule has 0 fully saturated rings. The van der Waals surface area contributed by atoms with Crippen molar-refractivity contribution in [2.45, 2.75) is 19.5 Å². The lowest BCUT2D eigenvalue weighted by Gasteiger charge is -2.15. The molecule has 1 atom stereocenters. The predicted molar refractivity (Wildman–Crippen MR) is 64.6 cm³/mol. The molecule has 0 spiro atoms. The first-order valence-corrected chi connectivity index (χ1v) is 5.24. The van der Waals surface area contributed by atoms with E-state index < -0.39 is 0 Å². The van der Waals surface area contributed by atoms with Gasteiger partial charge in [-0.1, -0.05) is 0 Å². The van der Waals surface area contributed by atoms with Gasteiger partial charge >= 0.3 is 0 Å². The molecule has 0 saturated carbocycles. The minimum absolute atomic E-state index is 0.0616. The van der Waals surface area contributed by atoms with Gasteiger partial charge < -0.3 is 16.0 Å². The molecule has 0 aromatic carbocycles. The SMILES string of the molecule is CC(Cn1cccn1)Nc1nc[nH]c(=O)c1N. The van der Waals surface area contributed by atoms with Gasteiger partial charge in [0.05, 0.1) is 12.9 Å². The number of nitrogens with zero attached hydrogens (tertiary/aromatic N) is 3. The van der Waals surface area contributed by atoms with Gasteiger partial charge in [0.1, 0.15) is 5.69 Å². The number of hydrogen-bond acceptors (Lipinski definition) is 5. The van der Waals surface area contributed by atoms with Gasteiger partial charge in [0.15, 0.2) is 5.82 Å². The molecule has 4 N–H and O–H groups in total. The van der Waals surface area contributed by atoms with E-state index in [4.69, 9.17) is 5.73 Å². The summed E-state index contributed by atoms with van der Waals surface area (Å²) in [7, 11) is 0. The summed E-state index contributed by atoms with van der Waals surface area (Å²) < 4.78 is 1.79. The second-order valence-electron chi connectivity index (χ2n) is 3.77. The molecule has 2 aromatic heterocycles. The Morgan fingerprint density at radius 2 is 2.47 bits per heavy atom. The molecular formula is C10H14N6O. The highest BCUT2D eigenvalue weighted by molar-refractivity contribution is 5.59. The lowest BCUT2D eigenvalue weighted by molar-refractivity contribution is 0.560. The van der Waals surface area contributed by atoms with Crippen LogP contribution in [0.3, 0.4) is 0 Å². The Morgan fingerprint density at radius 1 is 1.65 bits per heavy atom. The molecule has 0 bridgehead atoms. The molecule has 7 heteroatoms. The summed E-state index contributed by atoms with van der Waals surface area (Å²) in [5.74, 6) is 0.397. The summed E-state index contributed by atoms with van der Waals surface area (Å²) >= 11 is 0. The first-order chi connectivity index (χ1) is 8.16. The van der Waals surface area contributed by atoms with E-state index in [0.717, 1.165) is 0 Å². The number of nitrogens with two attached hydrogens (primary N) is 1. The summed E-state index contributed by atoms with van der Waals surface area (Å²) in [5.41, 5.74) is 5.37. The standard InChI is InChI=1S/C10H14N6O/c1-7(5-16-4-2-3-14-16)15-9-8(11)10(17)13-6-12-9/h2-4,6-7H,5,11H2,1H3,(H2,12,13,15,17). The molecule has 2 aromatic rings. The van der Waals surface area contributed by atoms with Crippen LogP contribution in [0, 0.1) is 0 Å². The van der Waals surface area contributed by atoms with Gasteiger partial charge in [0.25, 0.3) is 5.56 Å². The van der Waals surface area contributed by atoms with Gasteiger partial charge in [0.2, 0.25) is 0 Å². The molecule has 90 valence electrons. The third kappa shape index (κ3) is 2.63. The van der Waals surface area contributed by atoms with Crippen LogP contribution in [0.4, 0.5) is 11.5 Å². The number of hydrogen-bond donors (Lipinski definition) is 3. The fourth-order valence-electron chi connectivity index (χ4n) is 1.49. The van der Waals surface area contributed by atoms with Gasteiger partial charge in [-0.3, -0.25) is 9.48 Å². The number of rotatable bonds is 4. The van der Waals surface area contributed by atoms with Crippen LogP contribution >= 0.6 is 0 Å². The van der Waals surface area contributed by atoms with Gasteiger partial charge in [-0.05, 0) is 13.0 Å². The Bertz CT molecular complexity index is 532. The summed E-state index contributed by atoms with van der Waals surface area (Å²) in [5, 5.41) is 7.17. The highest BCUT2D eigenvalue weighted by Crippen LogP contribution is 2.09. The molecular weight excluding hydrogens is 220 g/mol. The first kappa shape index (κ1) is 11.2. The van der Waals surface area contributed by atoms with Crippen molar-refractivity contribution >= 4 is 11.5 Å². The van der Waals surface area contributed by atoms with Crippen LogP contribution in [0.15, 0.2) is 29.6 Å². The van der Waals surface area contributed by atoms with Crippen LogP contribution in [0.1, 0.15) is 6.92 Å². The molecule has 0 aliphatic rings. The molecule has 2 heterocycles. The topological polar surface area (TPSA) is 102 Å². The normalized spacial score (nSPS) is 12.3.